The van der Waals surface area contributed by atoms with Crippen LogP contribution >= 0.6 is 0 Å². The summed E-state index contributed by atoms with van der Waals surface area (Å²) in [6.07, 6.45) is 15.0. The van der Waals surface area contributed by atoms with Crippen molar-refractivity contribution in [2.75, 3.05) is 40.3 Å². The fourth-order valence-corrected chi connectivity index (χ4v) is 3.63. The summed E-state index contributed by atoms with van der Waals surface area (Å²) in [5.74, 6) is 1.48. The standard InChI is InChI=1S/C20H42N3.ClH/c1-5-7-9-12-16-22(17-13-10-8-6-2)20(21(3)4)23-18-14-11-15-19-23;/h5-19H2,1-4H3;1H/q+1;/p-1. The van der Waals surface area contributed by atoms with Crippen LogP contribution < -0.4 is 12.4 Å². The van der Waals surface area contributed by atoms with Crippen LogP contribution in [0.3, 0.4) is 0 Å². The summed E-state index contributed by atoms with van der Waals surface area (Å²) in [5, 5.41) is 0. The molecule has 0 N–H and O–H groups in total. The maximum atomic E-state index is 2.69. The SMILES string of the molecule is CCCCCCN(CCCCCC)C(N(C)C)=[N+]1CCCCC1.[Cl-]. The van der Waals surface area contributed by atoms with E-state index in [0.29, 0.717) is 0 Å². The van der Waals surface area contributed by atoms with Crippen molar-refractivity contribution in [3.05, 3.63) is 0 Å². The highest BCUT2D eigenvalue weighted by atomic mass is 35.5. The predicted molar refractivity (Wildman–Crippen MR) is 102 cm³/mol. The van der Waals surface area contributed by atoms with E-state index in [1.54, 1.807) is 0 Å². The Morgan fingerprint density at radius 3 is 1.67 bits per heavy atom. The Balaban J connectivity index is 0.00000529. The summed E-state index contributed by atoms with van der Waals surface area (Å²) in [4.78, 5) is 5.06. The van der Waals surface area contributed by atoms with Crippen molar-refractivity contribution in [2.45, 2.75) is 84.5 Å². The Bertz CT molecular complexity index is 309. The highest BCUT2D eigenvalue weighted by molar-refractivity contribution is 5.74. The van der Waals surface area contributed by atoms with Gasteiger partial charge in [-0.3, -0.25) is 14.4 Å². The molecule has 24 heavy (non-hydrogen) atoms. The van der Waals surface area contributed by atoms with Gasteiger partial charge in [-0.25, -0.2) is 0 Å². The Kier molecular flexibility index (Phi) is 14.6. The first kappa shape index (κ1) is 23.6. The van der Waals surface area contributed by atoms with Crippen LogP contribution in [0.5, 0.6) is 0 Å². The number of rotatable bonds is 10. The van der Waals surface area contributed by atoms with Gasteiger partial charge in [0.1, 0.15) is 0 Å². The van der Waals surface area contributed by atoms with Gasteiger partial charge in [0.2, 0.25) is 0 Å². The molecule has 4 heteroatoms. The first-order chi connectivity index (χ1) is 11.2. The van der Waals surface area contributed by atoms with Crippen molar-refractivity contribution in [3.63, 3.8) is 0 Å². The molecule has 0 aliphatic carbocycles. The molecule has 0 aromatic heterocycles. The molecule has 0 aromatic carbocycles. The quantitative estimate of drug-likeness (QED) is 0.333. The van der Waals surface area contributed by atoms with E-state index in [1.807, 2.05) is 0 Å². The summed E-state index contributed by atoms with van der Waals surface area (Å²) >= 11 is 0. The molecule has 1 aliphatic heterocycles. The average Bonchev–Trinajstić information content (AvgIpc) is 2.56. The molecule has 1 saturated heterocycles. The van der Waals surface area contributed by atoms with Gasteiger partial charge in [-0.2, -0.15) is 0 Å². The third-order valence-electron chi connectivity index (χ3n) is 4.88. The smallest absolute Gasteiger partial charge is 0.350 e. The molecular weight excluding hydrogens is 318 g/mol. The van der Waals surface area contributed by atoms with E-state index in [-0.39, 0.29) is 12.4 Å². The Hall–Kier alpha value is -0.440. The summed E-state index contributed by atoms with van der Waals surface area (Å²) in [7, 11) is 4.46. The molecule has 0 unspecified atom stereocenters. The molecular formula is C20H42ClN3. The molecule has 0 spiro atoms. The second-order valence-electron chi connectivity index (χ2n) is 7.35. The molecule has 1 aliphatic rings. The van der Waals surface area contributed by atoms with E-state index >= 15 is 0 Å². The van der Waals surface area contributed by atoms with Crippen LogP contribution in [0.15, 0.2) is 0 Å². The topological polar surface area (TPSA) is 9.49 Å². The number of unbranched alkanes of at least 4 members (excludes halogenated alkanes) is 6. The second kappa shape index (κ2) is 14.9. The number of nitrogens with zero attached hydrogens (tertiary/aromatic N) is 3. The van der Waals surface area contributed by atoms with Crippen LogP contribution in [0.25, 0.3) is 0 Å². The zero-order valence-corrected chi connectivity index (χ0v) is 17.6. The number of hydrogen-bond acceptors (Lipinski definition) is 0. The molecule has 1 fully saturated rings. The van der Waals surface area contributed by atoms with Crippen molar-refractivity contribution >= 4 is 5.96 Å². The predicted octanol–water partition coefficient (Wildman–Crippen LogP) is 1.57. The van der Waals surface area contributed by atoms with E-state index in [2.05, 4.69) is 42.3 Å². The fraction of sp³-hybridized carbons (Fsp3) is 0.950. The Labute approximate surface area is 157 Å². The number of piperidine rings is 1. The lowest BCUT2D eigenvalue weighted by molar-refractivity contribution is -0.546. The minimum atomic E-state index is 0. The van der Waals surface area contributed by atoms with Crippen LogP contribution in [0.4, 0.5) is 0 Å². The number of halogens is 1. The average molecular weight is 360 g/mol. The molecule has 0 atom stereocenters. The third kappa shape index (κ3) is 9.15. The lowest BCUT2D eigenvalue weighted by atomic mass is 10.1. The molecule has 144 valence electrons. The molecule has 0 amide bonds. The lowest BCUT2D eigenvalue weighted by Crippen LogP contribution is -3.00. The van der Waals surface area contributed by atoms with Gasteiger partial charge < -0.3 is 12.4 Å². The maximum absolute atomic E-state index is 2.69. The van der Waals surface area contributed by atoms with Gasteiger partial charge >= 0.3 is 5.96 Å². The van der Waals surface area contributed by atoms with E-state index in [0.717, 1.165) is 0 Å². The number of guanidine groups is 1. The zero-order valence-electron chi connectivity index (χ0n) is 16.8. The largest absolute Gasteiger partial charge is 1.00 e. The first-order valence-corrected chi connectivity index (χ1v) is 10.2. The fourth-order valence-electron chi connectivity index (χ4n) is 3.63. The van der Waals surface area contributed by atoms with Gasteiger partial charge in [-0.1, -0.05) is 52.4 Å². The summed E-state index contributed by atoms with van der Waals surface area (Å²) < 4.78 is 2.64. The number of hydrogen-bond donors (Lipinski definition) is 0. The van der Waals surface area contributed by atoms with E-state index in [9.17, 15) is 0 Å². The van der Waals surface area contributed by atoms with Crippen LogP contribution in [-0.4, -0.2) is 60.6 Å². The zero-order chi connectivity index (χ0) is 16.9. The van der Waals surface area contributed by atoms with Crippen molar-refractivity contribution in [3.8, 4) is 0 Å². The first-order valence-electron chi connectivity index (χ1n) is 10.2. The minimum Gasteiger partial charge on any atom is -1.00 e. The van der Waals surface area contributed by atoms with Crippen LogP contribution in [0.2, 0.25) is 0 Å². The van der Waals surface area contributed by atoms with Gasteiger partial charge in [0.25, 0.3) is 0 Å². The van der Waals surface area contributed by atoms with Gasteiger partial charge in [0.15, 0.2) is 0 Å². The van der Waals surface area contributed by atoms with Crippen molar-refractivity contribution in [1.82, 2.24) is 9.80 Å². The molecule has 0 aromatic rings. The molecule has 0 bridgehead atoms. The van der Waals surface area contributed by atoms with Crippen LogP contribution in [0.1, 0.15) is 84.5 Å². The van der Waals surface area contributed by atoms with Gasteiger partial charge in [0, 0.05) is 0 Å². The Morgan fingerprint density at radius 1 is 0.750 bits per heavy atom. The van der Waals surface area contributed by atoms with E-state index < -0.39 is 0 Å². The van der Waals surface area contributed by atoms with E-state index in [4.69, 9.17) is 0 Å². The highest BCUT2D eigenvalue weighted by Gasteiger charge is 2.25. The normalized spacial score (nSPS) is 14.2. The second-order valence-corrected chi connectivity index (χ2v) is 7.35. The van der Waals surface area contributed by atoms with E-state index in [1.165, 1.54) is 103 Å². The summed E-state index contributed by atoms with van der Waals surface area (Å²) in [6, 6.07) is 0. The molecule has 1 rings (SSSR count). The monoisotopic (exact) mass is 359 g/mol. The van der Waals surface area contributed by atoms with Gasteiger partial charge in [-0.15, -0.1) is 0 Å². The van der Waals surface area contributed by atoms with Crippen molar-refractivity contribution < 1.29 is 17.0 Å². The third-order valence-corrected chi connectivity index (χ3v) is 4.88. The lowest BCUT2D eigenvalue weighted by Gasteiger charge is -2.28. The van der Waals surface area contributed by atoms with Crippen LogP contribution in [-0.2, 0) is 0 Å². The summed E-state index contributed by atoms with van der Waals surface area (Å²) in [5.41, 5.74) is 0. The minimum absolute atomic E-state index is 0. The molecule has 0 saturated carbocycles. The van der Waals surface area contributed by atoms with Gasteiger partial charge in [-0.05, 0) is 32.1 Å². The molecule has 3 nitrogen and oxygen atoms in total. The van der Waals surface area contributed by atoms with Crippen LogP contribution in [0, 0.1) is 0 Å². The molecule has 1 heterocycles. The maximum Gasteiger partial charge on any atom is 0.350 e. The molecule has 0 radical (unpaired) electrons. The van der Waals surface area contributed by atoms with Gasteiger partial charge in [0.05, 0.1) is 40.3 Å². The van der Waals surface area contributed by atoms with Crippen molar-refractivity contribution in [1.29, 1.82) is 0 Å². The summed E-state index contributed by atoms with van der Waals surface area (Å²) in [6.45, 7) is 9.55. The Morgan fingerprint density at radius 2 is 1.25 bits per heavy atom. The van der Waals surface area contributed by atoms with Crippen molar-refractivity contribution in [2.24, 2.45) is 0 Å². The highest BCUT2D eigenvalue weighted by Crippen LogP contribution is 2.11.